The summed E-state index contributed by atoms with van der Waals surface area (Å²) < 4.78 is 0. The van der Waals surface area contributed by atoms with Gasteiger partial charge >= 0.3 is 5.97 Å². The van der Waals surface area contributed by atoms with Crippen LogP contribution in [0.15, 0.2) is 18.2 Å². The highest BCUT2D eigenvalue weighted by Crippen LogP contribution is 2.17. The number of benzene rings is 1. The quantitative estimate of drug-likeness (QED) is 0.753. The maximum Gasteiger partial charge on any atom is 0.336 e. The minimum Gasteiger partial charge on any atom is -0.478 e. The Morgan fingerprint density at radius 3 is 2.67 bits per heavy atom. The van der Waals surface area contributed by atoms with Gasteiger partial charge in [-0.1, -0.05) is 17.7 Å². The summed E-state index contributed by atoms with van der Waals surface area (Å²) in [6.45, 7) is 0. The second-order valence-corrected chi connectivity index (χ2v) is 2.94. The summed E-state index contributed by atoms with van der Waals surface area (Å²) in [7, 11) is 0. The Labute approximate surface area is 79.7 Å². The van der Waals surface area contributed by atoms with E-state index in [1.165, 1.54) is 6.07 Å². The number of halogens is 2. The van der Waals surface area contributed by atoms with E-state index in [1.807, 2.05) is 0 Å². The molecule has 2 nitrogen and oxygen atoms in total. The van der Waals surface area contributed by atoms with Crippen molar-refractivity contribution in [2.24, 2.45) is 0 Å². The van der Waals surface area contributed by atoms with Gasteiger partial charge in [-0.2, -0.15) is 0 Å². The molecule has 0 spiro atoms. The van der Waals surface area contributed by atoms with Crippen LogP contribution < -0.4 is 0 Å². The summed E-state index contributed by atoms with van der Waals surface area (Å²) in [5.41, 5.74) is 0.742. The number of carboxylic acid groups (broad SMARTS) is 1. The van der Waals surface area contributed by atoms with E-state index in [-0.39, 0.29) is 11.4 Å². The van der Waals surface area contributed by atoms with Gasteiger partial charge in [-0.25, -0.2) is 4.79 Å². The first-order chi connectivity index (χ1) is 5.65. The zero-order valence-electron chi connectivity index (χ0n) is 6.05. The lowest BCUT2D eigenvalue weighted by molar-refractivity contribution is 0.0696. The molecule has 0 aromatic heterocycles. The molecular formula is C8H6Cl2O2. The summed E-state index contributed by atoms with van der Waals surface area (Å²) in [4.78, 5) is 10.6. The van der Waals surface area contributed by atoms with E-state index in [1.54, 1.807) is 12.1 Å². The number of rotatable bonds is 2. The van der Waals surface area contributed by atoms with Gasteiger partial charge in [-0.15, -0.1) is 11.6 Å². The second kappa shape index (κ2) is 3.78. The van der Waals surface area contributed by atoms with Crippen molar-refractivity contribution in [1.82, 2.24) is 0 Å². The molecule has 0 radical (unpaired) electrons. The maximum absolute atomic E-state index is 10.6. The average molecular weight is 205 g/mol. The van der Waals surface area contributed by atoms with Crippen molar-refractivity contribution in [2.75, 3.05) is 0 Å². The minimum atomic E-state index is -1.01. The number of aromatic carboxylic acids is 1. The molecule has 0 heterocycles. The first kappa shape index (κ1) is 9.36. The molecule has 0 aliphatic heterocycles. The van der Waals surface area contributed by atoms with Crippen LogP contribution in [0.2, 0.25) is 5.02 Å². The molecular weight excluding hydrogens is 199 g/mol. The molecule has 0 unspecified atom stereocenters. The van der Waals surface area contributed by atoms with Crippen molar-refractivity contribution in [1.29, 1.82) is 0 Å². The van der Waals surface area contributed by atoms with Crippen molar-refractivity contribution in [3.63, 3.8) is 0 Å². The summed E-state index contributed by atoms with van der Waals surface area (Å²) >= 11 is 11.1. The maximum atomic E-state index is 10.6. The standard InChI is InChI=1S/C8H6Cl2O2/c9-4-5-1-2-6(10)3-7(5)8(11)12/h1-3H,4H2,(H,11,12). The van der Waals surface area contributed by atoms with E-state index in [0.29, 0.717) is 10.6 Å². The highest BCUT2D eigenvalue weighted by molar-refractivity contribution is 6.31. The molecule has 1 N–H and O–H groups in total. The van der Waals surface area contributed by atoms with Crippen LogP contribution in [0.3, 0.4) is 0 Å². The fraction of sp³-hybridized carbons (Fsp3) is 0.125. The predicted octanol–water partition coefficient (Wildman–Crippen LogP) is 2.78. The van der Waals surface area contributed by atoms with Crippen LogP contribution in [0.1, 0.15) is 15.9 Å². The monoisotopic (exact) mass is 204 g/mol. The first-order valence-corrected chi connectivity index (χ1v) is 4.14. The van der Waals surface area contributed by atoms with Crippen molar-refractivity contribution < 1.29 is 9.90 Å². The van der Waals surface area contributed by atoms with Gasteiger partial charge in [0, 0.05) is 10.9 Å². The third-order valence-electron chi connectivity index (χ3n) is 1.45. The Morgan fingerprint density at radius 1 is 1.50 bits per heavy atom. The summed E-state index contributed by atoms with van der Waals surface area (Å²) in [6, 6.07) is 4.62. The van der Waals surface area contributed by atoms with Gasteiger partial charge in [0.1, 0.15) is 0 Å². The fourth-order valence-corrected chi connectivity index (χ4v) is 1.27. The number of alkyl halides is 1. The number of carboxylic acids is 1. The lowest BCUT2D eigenvalue weighted by Gasteiger charge is -2.01. The van der Waals surface area contributed by atoms with E-state index in [9.17, 15) is 4.79 Å². The van der Waals surface area contributed by atoms with E-state index in [4.69, 9.17) is 28.3 Å². The largest absolute Gasteiger partial charge is 0.478 e. The average Bonchev–Trinajstić information content (AvgIpc) is 2.04. The second-order valence-electron chi connectivity index (χ2n) is 2.24. The Balaban J connectivity index is 3.21. The summed E-state index contributed by atoms with van der Waals surface area (Å²) in [5, 5.41) is 9.11. The highest BCUT2D eigenvalue weighted by Gasteiger charge is 2.08. The molecule has 0 bridgehead atoms. The van der Waals surface area contributed by atoms with Gasteiger partial charge in [0.25, 0.3) is 0 Å². The summed E-state index contributed by atoms with van der Waals surface area (Å²) in [6.07, 6.45) is 0. The lowest BCUT2D eigenvalue weighted by Crippen LogP contribution is -2.00. The SMILES string of the molecule is O=C(O)c1cc(Cl)ccc1CCl. The van der Waals surface area contributed by atoms with E-state index < -0.39 is 5.97 Å². The number of hydrogen-bond donors (Lipinski definition) is 1. The topological polar surface area (TPSA) is 37.3 Å². The normalized spacial score (nSPS) is 9.83. The molecule has 0 saturated carbocycles. The molecule has 0 atom stereocenters. The van der Waals surface area contributed by atoms with Gasteiger partial charge < -0.3 is 5.11 Å². The smallest absolute Gasteiger partial charge is 0.336 e. The van der Waals surface area contributed by atoms with E-state index in [0.717, 1.165) is 0 Å². The zero-order valence-corrected chi connectivity index (χ0v) is 7.56. The molecule has 1 rings (SSSR count). The molecule has 4 heteroatoms. The van der Waals surface area contributed by atoms with Crippen molar-refractivity contribution in [3.8, 4) is 0 Å². The Bertz CT molecular complexity index is 310. The third kappa shape index (κ3) is 1.90. The molecule has 0 fully saturated rings. The van der Waals surface area contributed by atoms with Gasteiger partial charge in [0.15, 0.2) is 0 Å². The summed E-state index contributed by atoms with van der Waals surface area (Å²) in [5.74, 6) is -0.827. The molecule has 0 aliphatic rings. The molecule has 1 aromatic carbocycles. The van der Waals surface area contributed by atoms with Crippen LogP contribution >= 0.6 is 23.2 Å². The van der Waals surface area contributed by atoms with Gasteiger partial charge in [0.2, 0.25) is 0 Å². The Kier molecular flexibility index (Phi) is 2.95. The van der Waals surface area contributed by atoms with Gasteiger partial charge in [0.05, 0.1) is 5.56 Å². The van der Waals surface area contributed by atoms with Crippen molar-refractivity contribution in [2.45, 2.75) is 5.88 Å². The Morgan fingerprint density at radius 2 is 2.17 bits per heavy atom. The highest BCUT2D eigenvalue weighted by atomic mass is 35.5. The first-order valence-electron chi connectivity index (χ1n) is 3.23. The number of hydrogen-bond acceptors (Lipinski definition) is 1. The molecule has 12 heavy (non-hydrogen) atoms. The van der Waals surface area contributed by atoms with Crippen LogP contribution in [-0.4, -0.2) is 11.1 Å². The van der Waals surface area contributed by atoms with Crippen molar-refractivity contribution in [3.05, 3.63) is 34.3 Å². The Hall–Kier alpha value is -0.730. The molecule has 0 saturated heterocycles. The van der Waals surface area contributed by atoms with Gasteiger partial charge in [-0.3, -0.25) is 0 Å². The van der Waals surface area contributed by atoms with Crippen LogP contribution in [-0.2, 0) is 5.88 Å². The van der Waals surface area contributed by atoms with E-state index in [2.05, 4.69) is 0 Å². The molecule has 0 aliphatic carbocycles. The third-order valence-corrected chi connectivity index (χ3v) is 1.97. The molecule has 0 amide bonds. The zero-order chi connectivity index (χ0) is 9.14. The minimum absolute atomic E-state index is 0.164. The lowest BCUT2D eigenvalue weighted by atomic mass is 10.1. The molecule has 64 valence electrons. The van der Waals surface area contributed by atoms with Crippen LogP contribution in [0, 0.1) is 0 Å². The van der Waals surface area contributed by atoms with Crippen LogP contribution in [0.5, 0.6) is 0 Å². The predicted molar refractivity (Wildman–Crippen MR) is 48.0 cm³/mol. The van der Waals surface area contributed by atoms with Crippen molar-refractivity contribution >= 4 is 29.2 Å². The van der Waals surface area contributed by atoms with E-state index >= 15 is 0 Å². The fourth-order valence-electron chi connectivity index (χ4n) is 0.864. The molecule has 1 aromatic rings. The number of carbonyl (C=O) groups is 1. The van der Waals surface area contributed by atoms with Crippen LogP contribution in [0.25, 0.3) is 0 Å². The van der Waals surface area contributed by atoms with Gasteiger partial charge in [-0.05, 0) is 17.7 Å². The van der Waals surface area contributed by atoms with Crippen LogP contribution in [0.4, 0.5) is 0 Å².